The van der Waals surface area contributed by atoms with E-state index in [-0.39, 0.29) is 5.92 Å². The average Bonchev–Trinajstić information content (AvgIpc) is 3.57. The molecule has 1 unspecified atom stereocenters. The van der Waals surface area contributed by atoms with Gasteiger partial charge in [0.25, 0.3) is 0 Å². The van der Waals surface area contributed by atoms with Crippen molar-refractivity contribution in [1.82, 2.24) is 5.32 Å². The smallest absolute Gasteiger partial charge is 0.142 e. The Kier molecular flexibility index (Phi) is 5.09. The summed E-state index contributed by atoms with van der Waals surface area (Å²) in [6, 6.07) is 34.1. The SMILES string of the molecule is C1=CC(NC2=CCCc3oc4c(-c5ccccc5)cccc4c32)=C2Oc3cc(-c4ccccc4)ccc3C2C1. The molecule has 1 aromatic heterocycles. The molecule has 1 N–H and O–H groups in total. The van der Waals surface area contributed by atoms with Crippen LogP contribution >= 0.6 is 0 Å². The topological polar surface area (TPSA) is 34.4 Å². The van der Waals surface area contributed by atoms with E-state index < -0.39 is 0 Å². The molecule has 0 bridgehead atoms. The minimum Gasteiger partial charge on any atom is -0.460 e. The van der Waals surface area contributed by atoms with Crippen LogP contribution in [0, 0.1) is 0 Å². The van der Waals surface area contributed by atoms with Crippen LogP contribution in [-0.2, 0) is 6.42 Å². The quantitative estimate of drug-likeness (QED) is 0.265. The average molecular weight is 506 g/mol. The zero-order valence-corrected chi connectivity index (χ0v) is 21.5. The molecule has 0 fully saturated rings. The number of hydrogen-bond acceptors (Lipinski definition) is 3. The van der Waals surface area contributed by atoms with Crippen molar-refractivity contribution in [3.8, 4) is 28.0 Å². The van der Waals surface area contributed by atoms with Gasteiger partial charge in [0.1, 0.15) is 22.9 Å². The van der Waals surface area contributed by atoms with E-state index in [4.69, 9.17) is 9.15 Å². The lowest BCUT2D eigenvalue weighted by molar-refractivity contribution is 0.416. The zero-order valence-electron chi connectivity index (χ0n) is 21.5. The number of nitrogens with one attached hydrogen (secondary N) is 1. The molecule has 0 spiro atoms. The third kappa shape index (κ3) is 3.65. The van der Waals surface area contributed by atoms with Gasteiger partial charge in [-0.05, 0) is 41.7 Å². The summed E-state index contributed by atoms with van der Waals surface area (Å²) >= 11 is 0. The van der Waals surface area contributed by atoms with Gasteiger partial charge in [-0.3, -0.25) is 0 Å². The summed E-state index contributed by atoms with van der Waals surface area (Å²) in [5.41, 5.74) is 10.2. The zero-order chi connectivity index (χ0) is 25.8. The number of hydrogen-bond donors (Lipinski definition) is 1. The standard InChI is InChI=1S/C36H27NO2/c1-3-10-23(11-4-1)25-20-21-27-28-15-8-18-31(36(28)39-33(27)22-25)37-30-17-9-19-32-34(30)29-16-7-14-26(35(29)38-32)24-12-5-2-6-13-24/h1-8,10-14,16-18,20-22,28,37H,9,15,19H2. The van der Waals surface area contributed by atoms with Crippen molar-refractivity contribution in [3.63, 3.8) is 0 Å². The molecule has 0 saturated heterocycles. The molecular formula is C36H27NO2. The van der Waals surface area contributed by atoms with Crippen LogP contribution in [0.15, 0.2) is 131 Å². The van der Waals surface area contributed by atoms with Gasteiger partial charge in [-0.2, -0.15) is 0 Å². The Morgan fingerprint density at radius 3 is 2.44 bits per heavy atom. The first-order valence-electron chi connectivity index (χ1n) is 13.7. The summed E-state index contributed by atoms with van der Waals surface area (Å²) in [7, 11) is 0. The summed E-state index contributed by atoms with van der Waals surface area (Å²) < 4.78 is 13.1. The van der Waals surface area contributed by atoms with Crippen LogP contribution in [0.2, 0.25) is 0 Å². The molecule has 2 aliphatic carbocycles. The number of aryl methyl sites for hydroxylation is 1. The van der Waals surface area contributed by atoms with Gasteiger partial charge in [0.2, 0.25) is 0 Å². The van der Waals surface area contributed by atoms with Gasteiger partial charge in [-0.1, -0.05) is 103 Å². The normalized spacial score (nSPS) is 17.3. The number of rotatable bonds is 4. The summed E-state index contributed by atoms with van der Waals surface area (Å²) in [5.74, 6) is 3.23. The lowest BCUT2D eigenvalue weighted by Gasteiger charge is -2.22. The Morgan fingerprint density at radius 2 is 1.59 bits per heavy atom. The fraction of sp³-hybridized carbons (Fsp3) is 0.111. The van der Waals surface area contributed by atoms with Crippen LogP contribution in [0.25, 0.3) is 38.9 Å². The van der Waals surface area contributed by atoms with Crippen LogP contribution in [-0.4, -0.2) is 0 Å². The molecule has 39 heavy (non-hydrogen) atoms. The highest BCUT2D eigenvalue weighted by Crippen LogP contribution is 2.48. The van der Waals surface area contributed by atoms with E-state index in [0.717, 1.165) is 64.5 Å². The molecule has 0 radical (unpaired) electrons. The number of allylic oxidation sites excluding steroid dienone is 4. The van der Waals surface area contributed by atoms with E-state index in [1.165, 1.54) is 27.8 Å². The van der Waals surface area contributed by atoms with Gasteiger partial charge in [0.05, 0.1) is 11.6 Å². The predicted molar refractivity (Wildman–Crippen MR) is 157 cm³/mol. The summed E-state index contributed by atoms with van der Waals surface area (Å²) in [4.78, 5) is 0. The van der Waals surface area contributed by atoms with Crippen molar-refractivity contribution in [1.29, 1.82) is 0 Å². The molecule has 1 aliphatic heterocycles. The monoisotopic (exact) mass is 505 g/mol. The van der Waals surface area contributed by atoms with Crippen LogP contribution in [0.5, 0.6) is 5.75 Å². The molecule has 2 heterocycles. The van der Waals surface area contributed by atoms with Crippen LogP contribution in [0.4, 0.5) is 0 Å². The minimum absolute atomic E-state index is 0.228. The van der Waals surface area contributed by atoms with E-state index in [2.05, 4.69) is 108 Å². The first-order chi connectivity index (χ1) is 19.3. The summed E-state index contributed by atoms with van der Waals surface area (Å²) in [6.45, 7) is 0. The molecule has 5 aromatic rings. The van der Waals surface area contributed by atoms with E-state index in [1.54, 1.807) is 0 Å². The van der Waals surface area contributed by atoms with Gasteiger partial charge in [-0.15, -0.1) is 0 Å². The van der Waals surface area contributed by atoms with E-state index in [1.807, 2.05) is 12.1 Å². The highest BCUT2D eigenvalue weighted by Gasteiger charge is 2.34. The number of furan rings is 1. The Labute approximate surface area is 227 Å². The number of fused-ring (bicyclic) bond motifs is 6. The van der Waals surface area contributed by atoms with Gasteiger partial charge in [0.15, 0.2) is 0 Å². The molecule has 3 aliphatic rings. The second-order valence-electron chi connectivity index (χ2n) is 10.4. The maximum Gasteiger partial charge on any atom is 0.142 e. The largest absolute Gasteiger partial charge is 0.460 e. The van der Waals surface area contributed by atoms with Gasteiger partial charge < -0.3 is 14.5 Å². The second kappa shape index (κ2) is 8.92. The number of para-hydroxylation sites is 1. The Morgan fingerprint density at radius 1 is 0.769 bits per heavy atom. The van der Waals surface area contributed by atoms with Crippen molar-refractivity contribution in [2.75, 3.05) is 0 Å². The highest BCUT2D eigenvalue weighted by atomic mass is 16.5. The number of ether oxygens (including phenoxy) is 1. The van der Waals surface area contributed by atoms with Crippen molar-refractivity contribution < 1.29 is 9.15 Å². The van der Waals surface area contributed by atoms with Crippen LogP contribution in [0.3, 0.4) is 0 Å². The van der Waals surface area contributed by atoms with Crippen molar-refractivity contribution >= 4 is 16.7 Å². The fourth-order valence-electron chi connectivity index (χ4n) is 6.23. The molecule has 3 nitrogen and oxygen atoms in total. The Balaban J connectivity index is 1.16. The minimum atomic E-state index is 0.228. The Hall–Kier alpha value is -4.76. The molecule has 0 amide bonds. The van der Waals surface area contributed by atoms with Crippen LogP contribution < -0.4 is 10.1 Å². The maximum absolute atomic E-state index is 6.58. The third-order valence-corrected chi connectivity index (χ3v) is 8.09. The van der Waals surface area contributed by atoms with Crippen molar-refractivity contribution in [2.24, 2.45) is 0 Å². The van der Waals surface area contributed by atoms with Crippen LogP contribution in [0.1, 0.15) is 35.6 Å². The Bertz CT molecular complexity index is 1820. The lowest BCUT2D eigenvalue weighted by Crippen LogP contribution is -2.19. The molecular weight excluding hydrogens is 478 g/mol. The lowest BCUT2D eigenvalue weighted by atomic mass is 9.89. The first kappa shape index (κ1) is 22.2. The first-order valence-corrected chi connectivity index (χ1v) is 13.7. The fourth-order valence-corrected chi connectivity index (χ4v) is 6.23. The maximum atomic E-state index is 6.58. The molecule has 0 saturated carbocycles. The molecule has 4 aromatic carbocycles. The van der Waals surface area contributed by atoms with E-state index in [0.29, 0.717) is 0 Å². The highest BCUT2D eigenvalue weighted by molar-refractivity contribution is 6.00. The molecule has 1 atom stereocenters. The molecule has 188 valence electrons. The van der Waals surface area contributed by atoms with Gasteiger partial charge in [0, 0.05) is 34.2 Å². The second-order valence-corrected chi connectivity index (χ2v) is 10.4. The number of benzene rings is 4. The van der Waals surface area contributed by atoms with Crippen molar-refractivity contribution in [3.05, 3.63) is 144 Å². The summed E-state index contributed by atoms with van der Waals surface area (Å²) in [5, 5.41) is 4.92. The van der Waals surface area contributed by atoms with Gasteiger partial charge >= 0.3 is 0 Å². The third-order valence-electron chi connectivity index (χ3n) is 8.09. The molecule has 3 heteroatoms. The summed E-state index contributed by atoms with van der Waals surface area (Å²) in [6.07, 6.45) is 9.50. The molecule has 8 rings (SSSR count). The van der Waals surface area contributed by atoms with Crippen molar-refractivity contribution in [2.45, 2.75) is 25.2 Å². The van der Waals surface area contributed by atoms with E-state index in [9.17, 15) is 0 Å². The van der Waals surface area contributed by atoms with Gasteiger partial charge in [-0.25, -0.2) is 0 Å². The van der Waals surface area contributed by atoms with E-state index >= 15 is 0 Å². The predicted octanol–water partition coefficient (Wildman–Crippen LogP) is 8.99.